The second kappa shape index (κ2) is 5.42. The Balaban J connectivity index is 2.24. The number of nitrogens with two attached hydrogens (primary N) is 2. The van der Waals surface area contributed by atoms with E-state index in [1.807, 2.05) is 31.2 Å². The molecule has 2 aromatic carbocycles. The molecule has 0 radical (unpaired) electrons. The third-order valence-corrected chi connectivity index (χ3v) is 3.47. The van der Waals surface area contributed by atoms with Crippen LogP contribution in [-0.2, 0) is 6.42 Å². The van der Waals surface area contributed by atoms with Gasteiger partial charge in [0.25, 0.3) is 0 Å². The molecule has 1 unspecified atom stereocenters. The Morgan fingerprint density at radius 1 is 1.17 bits per heavy atom. The van der Waals surface area contributed by atoms with Crippen LogP contribution in [0.25, 0.3) is 0 Å². The summed E-state index contributed by atoms with van der Waals surface area (Å²) in [4.78, 5) is 0. The van der Waals surface area contributed by atoms with Gasteiger partial charge in [0.2, 0.25) is 0 Å². The summed E-state index contributed by atoms with van der Waals surface area (Å²) in [5, 5.41) is 0.683. The summed E-state index contributed by atoms with van der Waals surface area (Å²) < 4.78 is 0. The van der Waals surface area contributed by atoms with E-state index in [0.717, 1.165) is 17.5 Å². The molecule has 3 heteroatoms. The van der Waals surface area contributed by atoms with Crippen LogP contribution in [0.3, 0.4) is 0 Å². The van der Waals surface area contributed by atoms with Crippen LogP contribution in [0.4, 0.5) is 5.69 Å². The van der Waals surface area contributed by atoms with E-state index >= 15 is 0 Å². The SMILES string of the molecule is Cc1cc(C(N)Cc2ccccc2)c(N)cc1Cl. The van der Waals surface area contributed by atoms with Crippen molar-refractivity contribution in [3.05, 3.63) is 64.2 Å². The van der Waals surface area contributed by atoms with Crippen LogP contribution in [0.15, 0.2) is 42.5 Å². The number of rotatable bonds is 3. The largest absolute Gasteiger partial charge is 0.398 e. The van der Waals surface area contributed by atoms with E-state index in [1.54, 1.807) is 6.07 Å². The van der Waals surface area contributed by atoms with Gasteiger partial charge in [-0.3, -0.25) is 0 Å². The summed E-state index contributed by atoms with van der Waals surface area (Å²) in [5.74, 6) is 0. The number of anilines is 1. The molecule has 0 aliphatic carbocycles. The lowest BCUT2D eigenvalue weighted by molar-refractivity contribution is 0.723. The topological polar surface area (TPSA) is 52.0 Å². The molecule has 0 aliphatic heterocycles. The van der Waals surface area contributed by atoms with Crippen molar-refractivity contribution in [2.24, 2.45) is 5.73 Å². The van der Waals surface area contributed by atoms with Crippen LogP contribution in [-0.4, -0.2) is 0 Å². The van der Waals surface area contributed by atoms with Crippen LogP contribution in [0.5, 0.6) is 0 Å². The van der Waals surface area contributed by atoms with Crippen molar-refractivity contribution < 1.29 is 0 Å². The fourth-order valence-electron chi connectivity index (χ4n) is 2.02. The average Bonchev–Trinajstić information content (AvgIpc) is 2.35. The summed E-state index contributed by atoms with van der Waals surface area (Å²) in [5.41, 5.74) is 16.0. The van der Waals surface area contributed by atoms with Gasteiger partial charge in [-0.1, -0.05) is 48.0 Å². The molecular formula is C15H17ClN2. The van der Waals surface area contributed by atoms with Gasteiger partial charge in [-0.15, -0.1) is 0 Å². The minimum atomic E-state index is -0.108. The lowest BCUT2D eigenvalue weighted by Gasteiger charge is -2.16. The smallest absolute Gasteiger partial charge is 0.0455 e. The fourth-order valence-corrected chi connectivity index (χ4v) is 2.19. The Kier molecular flexibility index (Phi) is 3.90. The van der Waals surface area contributed by atoms with Gasteiger partial charge in [0.1, 0.15) is 0 Å². The first-order valence-electron chi connectivity index (χ1n) is 5.93. The first-order valence-corrected chi connectivity index (χ1v) is 6.30. The molecule has 0 aromatic heterocycles. The van der Waals surface area contributed by atoms with Gasteiger partial charge < -0.3 is 11.5 Å². The number of hydrogen-bond acceptors (Lipinski definition) is 2. The standard InChI is InChI=1S/C15H17ClN2/c1-10-7-12(15(18)9-13(10)16)14(17)8-11-5-3-2-4-6-11/h2-7,9,14H,8,17-18H2,1H3. The van der Waals surface area contributed by atoms with Crippen molar-refractivity contribution in [3.63, 3.8) is 0 Å². The highest BCUT2D eigenvalue weighted by atomic mass is 35.5. The van der Waals surface area contributed by atoms with E-state index in [9.17, 15) is 0 Å². The van der Waals surface area contributed by atoms with Crippen molar-refractivity contribution in [2.45, 2.75) is 19.4 Å². The van der Waals surface area contributed by atoms with E-state index in [2.05, 4.69) is 12.1 Å². The van der Waals surface area contributed by atoms with Crippen molar-refractivity contribution in [2.75, 3.05) is 5.73 Å². The molecule has 0 saturated heterocycles. The molecule has 2 nitrogen and oxygen atoms in total. The monoisotopic (exact) mass is 260 g/mol. The Hall–Kier alpha value is -1.51. The van der Waals surface area contributed by atoms with Gasteiger partial charge in [-0.05, 0) is 36.1 Å². The lowest BCUT2D eigenvalue weighted by Crippen LogP contribution is -2.15. The molecule has 0 saturated carbocycles. The zero-order chi connectivity index (χ0) is 13.1. The third kappa shape index (κ3) is 2.84. The number of aryl methyl sites for hydroxylation is 1. The number of hydrogen-bond donors (Lipinski definition) is 2. The Morgan fingerprint density at radius 3 is 2.50 bits per heavy atom. The predicted molar refractivity (Wildman–Crippen MR) is 77.7 cm³/mol. The van der Waals surface area contributed by atoms with Crippen LogP contribution in [0.1, 0.15) is 22.7 Å². The van der Waals surface area contributed by atoms with Crippen molar-refractivity contribution in [1.82, 2.24) is 0 Å². The second-order valence-electron chi connectivity index (χ2n) is 4.53. The van der Waals surface area contributed by atoms with Crippen LogP contribution < -0.4 is 11.5 Å². The summed E-state index contributed by atoms with van der Waals surface area (Å²) in [7, 11) is 0. The fraction of sp³-hybridized carbons (Fsp3) is 0.200. The highest BCUT2D eigenvalue weighted by Crippen LogP contribution is 2.27. The van der Waals surface area contributed by atoms with E-state index < -0.39 is 0 Å². The van der Waals surface area contributed by atoms with Crippen molar-refractivity contribution in [1.29, 1.82) is 0 Å². The first kappa shape index (κ1) is 12.9. The minimum absolute atomic E-state index is 0.108. The average molecular weight is 261 g/mol. The maximum atomic E-state index is 6.22. The molecule has 0 bridgehead atoms. The zero-order valence-electron chi connectivity index (χ0n) is 10.4. The maximum Gasteiger partial charge on any atom is 0.0455 e. The molecule has 0 spiro atoms. The Labute approximate surface area is 113 Å². The number of halogens is 1. The van der Waals surface area contributed by atoms with E-state index in [1.165, 1.54) is 5.56 Å². The molecule has 0 fully saturated rings. The molecule has 18 heavy (non-hydrogen) atoms. The van der Waals surface area contributed by atoms with Crippen LogP contribution in [0, 0.1) is 6.92 Å². The Bertz CT molecular complexity index is 538. The molecule has 0 aliphatic rings. The van der Waals surface area contributed by atoms with Gasteiger partial charge in [-0.25, -0.2) is 0 Å². The molecule has 2 rings (SSSR count). The molecule has 4 N–H and O–H groups in total. The summed E-state index contributed by atoms with van der Waals surface area (Å²) in [6.07, 6.45) is 0.770. The molecule has 1 atom stereocenters. The van der Waals surface area contributed by atoms with E-state index in [0.29, 0.717) is 10.7 Å². The first-order chi connectivity index (χ1) is 8.58. The van der Waals surface area contributed by atoms with Gasteiger partial charge in [0.15, 0.2) is 0 Å². The van der Waals surface area contributed by atoms with Gasteiger partial charge >= 0.3 is 0 Å². The summed E-state index contributed by atoms with van der Waals surface area (Å²) >= 11 is 6.03. The quantitative estimate of drug-likeness (QED) is 0.831. The molecule has 0 amide bonds. The highest BCUT2D eigenvalue weighted by molar-refractivity contribution is 6.31. The van der Waals surface area contributed by atoms with Crippen LogP contribution >= 0.6 is 11.6 Å². The molecule has 2 aromatic rings. The summed E-state index contributed by atoms with van der Waals surface area (Å²) in [6.45, 7) is 1.96. The summed E-state index contributed by atoms with van der Waals surface area (Å²) in [6, 6.07) is 13.8. The predicted octanol–water partition coefficient (Wildman–Crippen LogP) is 3.47. The van der Waals surface area contributed by atoms with Crippen LogP contribution in [0.2, 0.25) is 5.02 Å². The maximum absolute atomic E-state index is 6.22. The highest BCUT2D eigenvalue weighted by Gasteiger charge is 2.12. The molecular weight excluding hydrogens is 244 g/mol. The van der Waals surface area contributed by atoms with Crippen molar-refractivity contribution in [3.8, 4) is 0 Å². The number of nitrogen functional groups attached to an aromatic ring is 1. The van der Waals surface area contributed by atoms with Gasteiger partial charge in [0.05, 0.1) is 0 Å². The Morgan fingerprint density at radius 2 is 1.83 bits per heavy atom. The van der Waals surface area contributed by atoms with Crippen molar-refractivity contribution >= 4 is 17.3 Å². The van der Waals surface area contributed by atoms with E-state index in [4.69, 9.17) is 23.1 Å². The molecule has 94 valence electrons. The van der Waals surface area contributed by atoms with E-state index in [-0.39, 0.29) is 6.04 Å². The lowest BCUT2D eigenvalue weighted by atomic mass is 9.97. The van der Waals surface area contributed by atoms with Gasteiger partial charge in [-0.2, -0.15) is 0 Å². The molecule has 0 heterocycles. The second-order valence-corrected chi connectivity index (χ2v) is 4.93. The van der Waals surface area contributed by atoms with Gasteiger partial charge in [0, 0.05) is 16.8 Å². The third-order valence-electron chi connectivity index (χ3n) is 3.06. The number of benzene rings is 2. The minimum Gasteiger partial charge on any atom is -0.398 e. The zero-order valence-corrected chi connectivity index (χ0v) is 11.1. The normalized spacial score (nSPS) is 12.4.